The Kier molecular flexibility index (Phi) is 11.0. The number of guanidine groups is 1. The van der Waals surface area contributed by atoms with Crippen LogP contribution >= 0.6 is 35.3 Å². The molecule has 160 valence electrons. The van der Waals surface area contributed by atoms with E-state index < -0.39 is 11.7 Å². The molecule has 2 aromatic rings. The highest BCUT2D eigenvalue weighted by molar-refractivity contribution is 14.0. The Morgan fingerprint density at radius 1 is 1.10 bits per heavy atom. The number of amides is 1. The van der Waals surface area contributed by atoms with E-state index in [0.717, 1.165) is 31.2 Å². The van der Waals surface area contributed by atoms with Crippen molar-refractivity contribution < 1.29 is 9.53 Å². The van der Waals surface area contributed by atoms with E-state index in [4.69, 9.17) is 4.74 Å². The molecule has 8 heteroatoms. The molecule has 0 bridgehead atoms. The molecule has 0 unspecified atom stereocenters. The predicted molar refractivity (Wildman–Crippen MR) is 133 cm³/mol. The molecule has 0 spiro atoms. The van der Waals surface area contributed by atoms with Crippen LogP contribution in [0.15, 0.2) is 46.1 Å². The maximum absolute atomic E-state index is 11.8. The molecule has 0 radical (unpaired) electrons. The molecule has 1 aromatic carbocycles. The first-order valence-electron chi connectivity index (χ1n) is 9.48. The quantitative estimate of drug-likeness (QED) is 0.267. The second kappa shape index (κ2) is 12.7. The summed E-state index contributed by atoms with van der Waals surface area (Å²) in [6.07, 6.45) is 0.411. The van der Waals surface area contributed by atoms with E-state index in [1.54, 1.807) is 11.3 Å². The number of thiophene rings is 1. The second-order valence-electron chi connectivity index (χ2n) is 7.33. The summed E-state index contributed by atoms with van der Waals surface area (Å²) in [5.74, 6) is 0.817. The number of rotatable bonds is 7. The summed E-state index contributed by atoms with van der Waals surface area (Å²) >= 11 is 1.68. The van der Waals surface area contributed by atoms with E-state index in [0.29, 0.717) is 6.54 Å². The summed E-state index contributed by atoms with van der Waals surface area (Å²) in [6, 6.07) is 9.86. The van der Waals surface area contributed by atoms with Crippen LogP contribution in [0, 0.1) is 0 Å². The number of hydrogen-bond acceptors (Lipinski definition) is 4. The van der Waals surface area contributed by atoms with Crippen LogP contribution < -0.4 is 16.0 Å². The molecular weight excluding hydrogens is 499 g/mol. The summed E-state index contributed by atoms with van der Waals surface area (Å²) < 4.78 is 5.26. The smallest absolute Gasteiger partial charge is 0.412 e. The van der Waals surface area contributed by atoms with Crippen LogP contribution in [0.5, 0.6) is 0 Å². The van der Waals surface area contributed by atoms with Gasteiger partial charge in [0, 0.05) is 18.8 Å². The Hall–Kier alpha value is -1.81. The van der Waals surface area contributed by atoms with E-state index in [2.05, 4.69) is 44.7 Å². The number of anilines is 1. The number of nitrogens with one attached hydrogen (secondary N) is 3. The third-order valence-corrected chi connectivity index (χ3v) is 4.38. The lowest BCUT2D eigenvalue weighted by Gasteiger charge is -2.19. The van der Waals surface area contributed by atoms with Gasteiger partial charge in [-0.25, -0.2) is 9.79 Å². The molecule has 0 saturated carbocycles. The van der Waals surface area contributed by atoms with Crippen LogP contribution in [-0.4, -0.2) is 30.7 Å². The number of aliphatic imine (C=N–C) groups is 1. The Morgan fingerprint density at radius 2 is 1.83 bits per heavy atom. The van der Waals surface area contributed by atoms with Gasteiger partial charge in [-0.2, -0.15) is 11.3 Å². The van der Waals surface area contributed by atoms with Gasteiger partial charge in [-0.1, -0.05) is 12.1 Å². The number of carbonyl (C=O) groups is 1. The molecule has 1 amide bonds. The number of halogens is 1. The number of hydrogen-bond donors (Lipinski definition) is 3. The summed E-state index contributed by atoms with van der Waals surface area (Å²) in [6.45, 7) is 9.84. The Morgan fingerprint density at radius 3 is 2.41 bits per heavy atom. The first-order chi connectivity index (χ1) is 13.4. The Bertz CT molecular complexity index is 756. The van der Waals surface area contributed by atoms with Gasteiger partial charge in [0.25, 0.3) is 0 Å². The van der Waals surface area contributed by atoms with E-state index in [1.165, 1.54) is 11.1 Å². The fourth-order valence-corrected chi connectivity index (χ4v) is 3.06. The van der Waals surface area contributed by atoms with Crippen molar-refractivity contribution in [2.45, 2.75) is 46.3 Å². The van der Waals surface area contributed by atoms with Crippen molar-refractivity contribution in [1.82, 2.24) is 10.6 Å². The molecule has 1 aromatic heterocycles. The molecule has 0 fully saturated rings. The van der Waals surface area contributed by atoms with Crippen LogP contribution in [0.2, 0.25) is 0 Å². The first kappa shape index (κ1) is 25.2. The van der Waals surface area contributed by atoms with E-state index >= 15 is 0 Å². The van der Waals surface area contributed by atoms with Gasteiger partial charge >= 0.3 is 6.09 Å². The van der Waals surface area contributed by atoms with Crippen LogP contribution in [0.1, 0.15) is 38.8 Å². The highest BCUT2D eigenvalue weighted by atomic mass is 127. The fourth-order valence-electron chi connectivity index (χ4n) is 2.40. The van der Waals surface area contributed by atoms with Gasteiger partial charge in [-0.05, 0) is 74.2 Å². The maximum atomic E-state index is 11.8. The number of carbonyl (C=O) groups excluding carboxylic acids is 1. The lowest BCUT2D eigenvalue weighted by molar-refractivity contribution is 0.0636. The summed E-state index contributed by atoms with van der Waals surface area (Å²) in [7, 11) is 0. The highest BCUT2D eigenvalue weighted by Crippen LogP contribution is 2.13. The van der Waals surface area contributed by atoms with Crippen molar-refractivity contribution in [2.24, 2.45) is 4.99 Å². The minimum Gasteiger partial charge on any atom is -0.444 e. The van der Waals surface area contributed by atoms with Gasteiger partial charge < -0.3 is 15.4 Å². The minimum atomic E-state index is -0.509. The summed E-state index contributed by atoms with van der Waals surface area (Å²) in [5, 5.41) is 13.5. The van der Waals surface area contributed by atoms with Gasteiger partial charge in [0.15, 0.2) is 5.96 Å². The van der Waals surface area contributed by atoms with Crippen molar-refractivity contribution in [3.63, 3.8) is 0 Å². The zero-order valence-corrected chi connectivity index (χ0v) is 20.6. The molecular formula is C21H31IN4O2S. The normalized spacial score (nSPS) is 11.4. The van der Waals surface area contributed by atoms with Gasteiger partial charge in [0.2, 0.25) is 0 Å². The number of ether oxygens (including phenoxy) is 1. The Balaban J connectivity index is 0.00000420. The maximum Gasteiger partial charge on any atom is 0.412 e. The second-order valence-corrected chi connectivity index (χ2v) is 8.11. The van der Waals surface area contributed by atoms with Crippen LogP contribution in [0.3, 0.4) is 0 Å². The topological polar surface area (TPSA) is 74.8 Å². The third kappa shape index (κ3) is 10.5. The lowest BCUT2D eigenvalue weighted by Crippen LogP contribution is -2.38. The minimum absolute atomic E-state index is 0. The van der Waals surface area contributed by atoms with Crippen molar-refractivity contribution in [3.05, 3.63) is 52.2 Å². The van der Waals surface area contributed by atoms with Crippen molar-refractivity contribution in [2.75, 3.05) is 18.4 Å². The standard InChI is InChI=1S/C21H30N4O2S.HI/c1-5-22-19(24-14-17-11-13-28-15-17)23-12-10-16-6-8-18(9-7-16)25-20(26)27-21(2,3)4;/h6-9,11,13,15H,5,10,12,14H2,1-4H3,(H,25,26)(H2,22,23,24);1H. The van der Waals surface area contributed by atoms with E-state index in [1.807, 2.05) is 45.0 Å². The van der Waals surface area contributed by atoms with Crippen molar-refractivity contribution in [3.8, 4) is 0 Å². The van der Waals surface area contributed by atoms with Crippen molar-refractivity contribution in [1.29, 1.82) is 0 Å². The average molecular weight is 530 g/mol. The van der Waals surface area contributed by atoms with E-state index in [-0.39, 0.29) is 24.0 Å². The Labute approximate surface area is 194 Å². The number of benzene rings is 1. The molecule has 3 N–H and O–H groups in total. The molecule has 0 saturated heterocycles. The molecule has 29 heavy (non-hydrogen) atoms. The van der Waals surface area contributed by atoms with Gasteiger partial charge in [-0.3, -0.25) is 5.32 Å². The first-order valence-corrected chi connectivity index (χ1v) is 10.4. The summed E-state index contributed by atoms with van der Waals surface area (Å²) in [5.41, 5.74) is 2.60. The number of nitrogens with zero attached hydrogens (tertiary/aromatic N) is 1. The zero-order valence-electron chi connectivity index (χ0n) is 17.5. The molecule has 0 aliphatic rings. The van der Waals surface area contributed by atoms with Crippen LogP contribution in [0.4, 0.5) is 10.5 Å². The lowest BCUT2D eigenvalue weighted by atomic mass is 10.1. The van der Waals surface area contributed by atoms with Gasteiger partial charge in [0.1, 0.15) is 5.60 Å². The molecule has 6 nitrogen and oxygen atoms in total. The zero-order chi connectivity index (χ0) is 20.4. The van der Waals surface area contributed by atoms with Crippen LogP contribution in [0.25, 0.3) is 0 Å². The van der Waals surface area contributed by atoms with Gasteiger partial charge in [0.05, 0.1) is 6.54 Å². The monoisotopic (exact) mass is 530 g/mol. The molecule has 0 atom stereocenters. The molecule has 1 heterocycles. The molecule has 2 rings (SSSR count). The third-order valence-electron chi connectivity index (χ3n) is 3.65. The van der Waals surface area contributed by atoms with Crippen LogP contribution in [-0.2, 0) is 17.7 Å². The molecule has 0 aliphatic heterocycles. The van der Waals surface area contributed by atoms with Gasteiger partial charge in [-0.15, -0.1) is 24.0 Å². The average Bonchev–Trinajstić information content (AvgIpc) is 3.13. The van der Waals surface area contributed by atoms with E-state index in [9.17, 15) is 4.79 Å². The highest BCUT2D eigenvalue weighted by Gasteiger charge is 2.16. The largest absolute Gasteiger partial charge is 0.444 e. The van der Waals surface area contributed by atoms with Crippen molar-refractivity contribution >= 4 is 53.1 Å². The summed E-state index contributed by atoms with van der Waals surface area (Å²) in [4.78, 5) is 16.4. The predicted octanol–water partition coefficient (Wildman–Crippen LogP) is 5.01. The fraction of sp³-hybridized carbons (Fsp3) is 0.429. The SMILES string of the molecule is CCNC(=NCc1ccsc1)NCCc1ccc(NC(=O)OC(C)(C)C)cc1.I. The molecule has 0 aliphatic carbocycles.